The first-order chi connectivity index (χ1) is 23.2. The Morgan fingerprint density at radius 3 is 1.90 bits per heavy atom. The van der Waals surface area contributed by atoms with Gasteiger partial charge in [-0.2, -0.15) is 0 Å². The maximum Gasteiger partial charge on any atom is 0.242 e. The van der Waals surface area contributed by atoms with Gasteiger partial charge in [-0.15, -0.1) is 0 Å². The summed E-state index contributed by atoms with van der Waals surface area (Å²) in [6.45, 7) is 7.93. The second kappa shape index (κ2) is 20.2. The fourth-order valence-electron chi connectivity index (χ4n) is 6.26. The van der Waals surface area contributed by atoms with Crippen LogP contribution in [0, 0.1) is 0 Å². The number of hydrogen-bond acceptors (Lipinski definition) is 6. The van der Waals surface area contributed by atoms with E-state index in [9.17, 15) is 4.79 Å². The first kappa shape index (κ1) is 39.1. The van der Waals surface area contributed by atoms with E-state index in [4.69, 9.17) is 27.9 Å². The predicted octanol–water partition coefficient (Wildman–Crippen LogP) is 8.31. The molecular weight excluding hydrogens is 777 g/mol. The van der Waals surface area contributed by atoms with E-state index in [1.165, 1.54) is 44.3 Å². The molecule has 11 heteroatoms. The first-order valence-electron chi connectivity index (χ1n) is 16.8. The van der Waals surface area contributed by atoms with Crippen molar-refractivity contribution in [3.8, 4) is 0 Å². The first-order valence-corrected chi connectivity index (χ1v) is 19.1. The lowest BCUT2D eigenvalue weighted by Crippen LogP contribution is -2.44. The number of anilines is 1. The molecule has 3 aromatic rings. The molecule has 2 fully saturated rings. The van der Waals surface area contributed by atoms with E-state index in [0.717, 1.165) is 46.4 Å². The van der Waals surface area contributed by atoms with Crippen molar-refractivity contribution in [3.05, 3.63) is 96.8 Å². The van der Waals surface area contributed by atoms with Crippen molar-refractivity contribution in [2.75, 3.05) is 85.1 Å². The number of amides is 1. The molecule has 7 nitrogen and oxygen atoms in total. The van der Waals surface area contributed by atoms with Crippen LogP contribution in [0.25, 0.3) is 0 Å². The molecule has 3 aromatic carbocycles. The van der Waals surface area contributed by atoms with E-state index in [-0.39, 0.29) is 18.5 Å². The molecular formula is C37H49Br2Cl2N5O2. The van der Waals surface area contributed by atoms with E-state index in [0.29, 0.717) is 29.2 Å². The van der Waals surface area contributed by atoms with Crippen LogP contribution in [-0.4, -0.2) is 101 Å². The summed E-state index contributed by atoms with van der Waals surface area (Å²) < 4.78 is 7.44. The van der Waals surface area contributed by atoms with E-state index in [1.807, 2.05) is 42.1 Å². The van der Waals surface area contributed by atoms with Gasteiger partial charge in [0.15, 0.2) is 0 Å². The lowest BCUT2D eigenvalue weighted by Gasteiger charge is -2.34. The SMILES string of the molecule is CNC(CN1CCCC1)c1ccc(Br)cc1.COCCN(CC(=O)N(C)C(CN1CCCC1)c1ccc(Br)cc1)c1ccc(Cl)c(Cl)c1. The van der Waals surface area contributed by atoms with Crippen LogP contribution in [0.4, 0.5) is 5.69 Å². The summed E-state index contributed by atoms with van der Waals surface area (Å²) in [5, 5.41) is 4.37. The van der Waals surface area contributed by atoms with E-state index < -0.39 is 0 Å². The molecule has 0 aromatic heterocycles. The highest BCUT2D eigenvalue weighted by atomic mass is 79.9. The number of carbonyl (C=O) groups excluding carboxylic acids is 1. The van der Waals surface area contributed by atoms with Crippen LogP contribution in [0.5, 0.6) is 0 Å². The third-order valence-electron chi connectivity index (χ3n) is 9.17. The second-order valence-corrected chi connectivity index (χ2v) is 15.1. The standard InChI is InChI=1S/C24H30BrCl2N3O2.C13H19BrN2/c1-28(23(16-29-11-3-4-12-29)18-5-7-19(25)8-6-18)24(31)17-30(13-14-32-2)20-9-10-21(26)22(27)15-20;1-15-13(10-16-8-2-3-9-16)11-4-6-12(14)7-5-11/h5-10,15,23H,3-4,11-14,16-17H2,1-2H3;4-7,13,15H,2-3,8-10H2,1H3. The Morgan fingerprint density at radius 2 is 1.38 bits per heavy atom. The highest BCUT2D eigenvalue weighted by Crippen LogP contribution is 2.29. The summed E-state index contributed by atoms with van der Waals surface area (Å²) in [4.78, 5) is 22.3. The van der Waals surface area contributed by atoms with Gasteiger partial charge in [0.1, 0.15) is 0 Å². The van der Waals surface area contributed by atoms with Crippen LogP contribution in [0.3, 0.4) is 0 Å². The van der Waals surface area contributed by atoms with Crippen molar-refractivity contribution in [2.45, 2.75) is 37.8 Å². The maximum atomic E-state index is 13.5. The third kappa shape index (κ3) is 12.0. The van der Waals surface area contributed by atoms with Crippen LogP contribution < -0.4 is 10.2 Å². The van der Waals surface area contributed by atoms with Crippen LogP contribution in [0.1, 0.15) is 48.9 Å². The van der Waals surface area contributed by atoms with Crippen molar-refractivity contribution in [1.29, 1.82) is 0 Å². The molecule has 2 aliphatic rings. The number of likely N-dealkylation sites (N-methyl/N-ethyl adjacent to an activating group) is 2. The van der Waals surface area contributed by atoms with Gasteiger partial charge < -0.3 is 29.7 Å². The number of benzene rings is 3. The van der Waals surface area contributed by atoms with Gasteiger partial charge in [-0.1, -0.05) is 79.3 Å². The fraction of sp³-hybridized carbons (Fsp3) is 0.486. The number of nitrogens with one attached hydrogen (secondary N) is 1. The highest BCUT2D eigenvalue weighted by molar-refractivity contribution is 9.10. The molecule has 2 saturated heterocycles. The average molecular weight is 827 g/mol. The molecule has 0 saturated carbocycles. The Balaban J connectivity index is 0.000000271. The molecule has 1 amide bonds. The van der Waals surface area contributed by atoms with Crippen molar-refractivity contribution in [2.24, 2.45) is 0 Å². The number of methoxy groups -OCH3 is 1. The van der Waals surface area contributed by atoms with Crippen molar-refractivity contribution < 1.29 is 9.53 Å². The number of nitrogens with zero attached hydrogens (tertiary/aromatic N) is 4. The van der Waals surface area contributed by atoms with Gasteiger partial charge in [0.05, 0.1) is 29.2 Å². The molecule has 0 bridgehead atoms. The largest absolute Gasteiger partial charge is 0.383 e. The number of carbonyl (C=O) groups is 1. The van der Waals surface area contributed by atoms with Gasteiger partial charge in [0, 0.05) is 54.5 Å². The molecule has 2 heterocycles. The van der Waals surface area contributed by atoms with Crippen LogP contribution in [0.15, 0.2) is 75.7 Å². The Bertz CT molecular complexity index is 1400. The maximum absolute atomic E-state index is 13.5. The summed E-state index contributed by atoms with van der Waals surface area (Å²) >= 11 is 19.3. The Morgan fingerprint density at radius 1 is 0.833 bits per heavy atom. The number of rotatable bonds is 14. The summed E-state index contributed by atoms with van der Waals surface area (Å²) in [5.41, 5.74) is 3.35. The minimum atomic E-state index is -0.0215. The Kier molecular flexibility index (Phi) is 16.5. The van der Waals surface area contributed by atoms with Crippen LogP contribution in [0.2, 0.25) is 10.0 Å². The van der Waals surface area contributed by atoms with Crippen LogP contribution >= 0.6 is 55.1 Å². The zero-order valence-electron chi connectivity index (χ0n) is 28.3. The van der Waals surface area contributed by atoms with Gasteiger partial charge in [-0.3, -0.25) is 4.79 Å². The lowest BCUT2D eigenvalue weighted by atomic mass is 10.0. The molecule has 2 unspecified atom stereocenters. The number of halogens is 4. The Hall–Kier alpha value is -1.69. The van der Waals surface area contributed by atoms with Gasteiger partial charge in [-0.25, -0.2) is 0 Å². The molecule has 1 N–H and O–H groups in total. The quantitative estimate of drug-likeness (QED) is 0.177. The third-order valence-corrected chi connectivity index (χ3v) is 11.0. The molecule has 0 aliphatic carbocycles. The molecule has 5 rings (SSSR count). The van der Waals surface area contributed by atoms with Gasteiger partial charge >= 0.3 is 0 Å². The number of ether oxygens (including phenoxy) is 1. The topological polar surface area (TPSA) is 51.3 Å². The van der Waals surface area contributed by atoms with Crippen molar-refractivity contribution in [3.63, 3.8) is 0 Å². The second-order valence-electron chi connectivity index (χ2n) is 12.5. The minimum absolute atomic E-state index is 0.0215. The predicted molar refractivity (Wildman–Crippen MR) is 207 cm³/mol. The normalized spacial score (nSPS) is 16.3. The van der Waals surface area contributed by atoms with E-state index in [1.54, 1.807) is 19.2 Å². The van der Waals surface area contributed by atoms with Crippen LogP contribution in [-0.2, 0) is 9.53 Å². The number of hydrogen-bond donors (Lipinski definition) is 1. The van der Waals surface area contributed by atoms with Crippen molar-refractivity contribution in [1.82, 2.24) is 20.0 Å². The minimum Gasteiger partial charge on any atom is -0.383 e. The summed E-state index contributed by atoms with van der Waals surface area (Å²) in [7, 11) is 5.60. The smallest absolute Gasteiger partial charge is 0.242 e. The zero-order chi connectivity index (χ0) is 34.5. The zero-order valence-corrected chi connectivity index (χ0v) is 33.0. The summed E-state index contributed by atoms with van der Waals surface area (Å²) in [5.74, 6) is 0.0410. The molecule has 48 heavy (non-hydrogen) atoms. The monoisotopic (exact) mass is 823 g/mol. The van der Waals surface area contributed by atoms with Gasteiger partial charge in [0.2, 0.25) is 5.91 Å². The molecule has 0 spiro atoms. The number of likely N-dealkylation sites (tertiary alicyclic amines) is 2. The van der Waals surface area contributed by atoms with Gasteiger partial charge in [0.25, 0.3) is 0 Å². The summed E-state index contributed by atoms with van der Waals surface area (Å²) in [6, 6.07) is 22.7. The van der Waals surface area contributed by atoms with E-state index >= 15 is 0 Å². The molecule has 2 atom stereocenters. The Labute approximate surface area is 314 Å². The van der Waals surface area contributed by atoms with E-state index in [2.05, 4.69) is 83.4 Å². The lowest BCUT2D eigenvalue weighted by molar-refractivity contribution is -0.131. The summed E-state index contributed by atoms with van der Waals surface area (Å²) in [6.07, 6.45) is 5.15. The highest BCUT2D eigenvalue weighted by Gasteiger charge is 2.27. The van der Waals surface area contributed by atoms with Gasteiger partial charge in [-0.05, 0) is 113 Å². The van der Waals surface area contributed by atoms with Crippen molar-refractivity contribution >= 4 is 66.7 Å². The molecule has 0 radical (unpaired) electrons. The molecule has 2 aliphatic heterocycles. The average Bonchev–Trinajstić information content (AvgIpc) is 3.81. The fourth-order valence-corrected chi connectivity index (χ4v) is 7.08. The molecule has 262 valence electrons.